The van der Waals surface area contributed by atoms with Gasteiger partial charge in [0.2, 0.25) is 0 Å². The molecule has 78 valence electrons. The number of nitrogens with one attached hydrogen (secondary N) is 1. The number of imidazole rings is 1. The summed E-state index contributed by atoms with van der Waals surface area (Å²) in [5, 5.41) is 0. The van der Waals surface area contributed by atoms with Gasteiger partial charge in [-0.05, 0) is 18.9 Å². The second kappa shape index (κ2) is 3.31. The van der Waals surface area contributed by atoms with Gasteiger partial charge in [0.15, 0.2) is 0 Å². The molecule has 1 fully saturated rings. The van der Waals surface area contributed by atoms with Crippen LogP contribution in [0, 0.1) is 0 Å². The number of fused-ring (bicyclic) bond motifs is 1. The Morgan fingerprint density at radius 2 is 2.33 bits per heavy atom. The van der Waals surface area contributed by atoms with Crippen LogP contribution in [0.3, 0.4) is 0 Å². The molecule has 3 rings (SSSR count). The minimum Gasteiger partial charge on any atom is -0.344 e. The minimum atomic E-state index is 0.495. The third kappa shape index (κ3) is 1.33. The molecule has 2 heterocycles. The summed E-state index contributed by atoms with van der Waals surface area (Å²) in [6.07, 6.45) is 5.52. The van der Waals surface area contributed by atoms with Crippen molar-refractivity contribution < 1.29 is 0 Å². The Labute approximate surface area is 87.9 Å². The van der Waals surface area contributed by atoms with Crippen LogP contribution in [0.25, 0.3) is 11.0 Å². The molecular formula is C11H14N4. The number of H-pyrrole nitrogens is 1. The summed E-state index contributed by atoms with van der Waals surface area (Å²) in [4.78, 5) is 12.1. The van der Waals surface area contributed by atoms with Crippen molar-refractivity contribution in [2.75, 3.05) is 0 Å². The highest BCUT2D eigenvalue weighted by Crippen LogP contribution is 2.37. The van der Waals surface area contributed by atoms with Crippen molar-refractivity contribution in [1.82, 2.24) is 15.0 Å². The van der Waals surface area contributed by atoms with Gasteiger partial charge >= 0.3 is 0 Å². The Balaban J connectivity index is 2.19. The molecule has 2 aromatic rings. The molecular weight excluding hydrogens is 188 g/mol. The Morgan fingerprint density at radius 3 is 3.00 bits per heavy atom. The van der Waals surface area contributed by atoms with E-state index in [9.17, 15) is 0 Å². The van der Waals surface area contributed by atoms with Crippen molar-refractivity contribution in [3.63, 3.8) is 0 Å². The topological polar surface area (TPSA) is 67.6 Å². The van der Waals surface area contributed by atoms with E-state index in [1.54, 1.807) is 6.33 Å². The van der Waals surface area contributed by atoms with Gasteiger partial charge in [0.05, 0.1) is 23.2 Å². The summed E-state index contributed by atoms with van der Waals surface area (Å²) < 4.78 is 0. The van der Waals surface area contributed by atoms with Gasteiger partial charge < -0.3 is 10.7 Å². The lowest BCUT2D eigenvalue weighted by atomic mass is 9.82. The zero-order valence-corrected chi connectivity index (χ0v) is 8.53. The van der Waals surface area contributed by atoms with Gasteiger partial charge in [-0.15, -0.1) is 0 Å². The molecule has 15 heavy (non-hydrogen) atoms. The fourth-order valence-electron chi connectivity index (χ4n) is 2.10. The first-order chi connectivity index (χ1) is 7.38. The number of aromatic amines is 1. The molecule has 0 aliphatic heterocycles. The van der Waals surface area contributed by atoms with E-state index in [-0.39, 0.29) is 0 Å². The fraction of sp³-hybridized carbons (Fsp3) is 0.455. The maximum atomic E-state index is 5.64. The number of hydrogen-bond acceptors (Lipinski definition) is 3. The lowest BCUT2D eigenvalue weighted by Gasteiger charge is -2.25. The van der Waals surface area contributed by atoms with Crippen molar-refractivity contribution in [2.45, 2.75) is 31.7 Å². The molecule has 3 N–H and O–H groups in total. The van der Waals surface area contributed by atoms with Gasteiger partial charge in [-0.1, -0.05) is 6.42 Å². The molecule has 0 aromatic carbocycles. The molecule has 0 bridgehead atoms. The number of nitrogens with zero attached hydrogens (tertiary/aromatic N) is 2. The predicted octanol–water partition coefficient (Wildman–Crippen LogP) is 1.68. The minimum absolute atomic E-state index is 0.495. The van der Waals surface area contributed by atoms with Crippen molar-refractivity contribution in [3.8, 4) is 0 Å². The highest BCUT2D eigenvalue weighted by Gasteiger charge is 2.24. The van der Waals surface area contributed by atoms with Crippen LogP contribution in [0.1, 0.15) is 36.6 Å². The Morgan fingerprint density at radius 1 is 1.47 bits per heavy atom. The zero-order chi connectivity index (χ0) is 10.3. The number of aromatic nitrogens is 3. The predicted molar refractivity (Wildman–Crippen MR) is 58.4 cm³/mol. The van der Waals surface area contributed by atoms with Crippen LogP contribution in [-0.2, 0) is 6.54 Å². The Bertz CT molecular complexity index is 484. The first kappa shape index (κ1) is 8.85. The molecule has 1 aliphatic carbocycles. The summed E-state index contributed by atoms with van der Waals surface area (Å²) in [5.41, 5.74) is 9.82. The van der Waals surface area contributed by atoms with E-state index in [0.717, 1.165) is 22.4 Å². The molecule has 4 heteroatoms. The second-order valence-corrected chi connectivity index (χ2v) is 4.13. The zero-order valence-electron chi connectivity index (χ0n) is 8.53. The molecule has 0 saturated heterocycles. The first-order valence-corrected chi connectivity index (χ1v) is 5.41. The van der Waals surface area contributed by atoms with Gasteiger partial charge in [-0.3, -0.25) is 4.98 Å². The number of nitrogens with two attached hydrogens (primary N) is 1. The Hall–Kier alpha value is -1.42. The maximum Gasteiger partial charge on any atom is 0.110 e. The summed E-state index contributed by atoms with van der Waals surface area (Å²) in [6, 6.07) is 1.99. The lowest BCUT2D eigenvalue weighted by molar-refractivity contribution is 0.413. The molecule has 0 spiro atoms. The third-order valence-electron chi connectivity index (χ3n) is 3.19. The monoisotopic (exact) mass is 202 g/mol. The second-order valence-electron chi connectivity index (χ2n) is 4.13. The third-order valence-corrected chi connectivity index (χ3v) is 3.19. The quantitative estimate of drug-likeness (QED) is 0.778. The normalized spacial score (nSPS) is 16.9. The van der Waals surface area contributed by atoms with Crippen LogP contribution in [-0.4, -0.2) is 15.0 Å². The molecule has 0 radical (unpaired) electrons. The van der Waals surface area contributed by atoms with Crippen molar-refractivity contribution in [2.24, 2.45) is 5.73 Å². The summed E-state index contributed by atoms with van der Waals surface area (Å²) in [5.74, 6) is 0.599. The average Bonchev–Trinajstić information content (AvgIpc) is 2.62. The molecule has 0 atom stereocenters. The summed E-state index contributed by atoms with van der Waals surface area (Å²) >= 11 is 0. The maximum absolute atomic E-state index is 5.64. The van der Waals surface area contributed by atoms with Crippen LogP contribution in [0.4, 0.5) is 0 Å². The van der Waals surface area contributed by atoms with Gasteiger partial charge in [0.1, 0.15) is 5.52 Å². The van der Waals surface area contributed by atoms with E-state index < -0.39 is 0 Å². The number of pyridine rings is 1. The molecule has 4 nitrogen and oxygen atoms in total. The van der Waals surface area contributed by atoms with Crippen molar-refractivity contribution in [3.05, 3.63) is 23.8 Å². The number of hydrogen-bond donors (Lipinski definition) is 2. The van der Waals surface area contributed by atoms with Crippen molar-refractivity contribution >= 4 is 11.0 Å². The van der Waals surface area contributed by atoms with E-state index in [1.165, 1.54) is 19.3 Å². The van der Waals surface area contributed by atoms with E-state index in [0.29, 0.717) is 12.5 Å². The smallest absolute Gasteiger partial charge is 0.110 e. The van der Waals surface area contributed by atoms with Crippen LogP contribution >= 0.6 is 0 Å². The van der Waals surface area contributed by atoms with Gasteiger partial charge in [-0.2, -0.15) is 0 Å². The highest BCUT2D eigenvalue weighted by molar-refractivity contribution is 5.77. The molecule has 0 unspecified atom stereocenters. The molecule has 0 amide bonds. The van der Waals surface area contributed by atoms with E-state index in [1.807, 2.05) is 6.07 Å². The highest BCUT2D eigenvalue weighted by atomic mass is 14.9. The average molecular weight is 202 g/mol. The fourth-order valence-corrected chi connectivity index (χ4v) is 2.10. The van der Waals surface area contributed by atoms with E-state index >= 15 is 0 Å². The van der Waals surface area contributed by atoms with Crippen molar-refractivity contribution in [1.29, 1.82) is 0 Å². The molecule has 1 saturated carbocycles. The van der Waals surface area contributed by atoms with Crippen LogP contribution in [0.5, 0.6) is 0 Å². The summed E-state index contributed by atoms with van der Waals surface area (Å²) in [7, 11) is 0. The SMILES string of the molecule is NCc1cc2[nH]cnc2c(C2CCC2)n1. The van der Waals surface area contributed by atoms with Crippen LogP contribution in [0.15, 0.2) is 12.4 Å². The molecule has 2 aromatic heterocycles. The lowest BCUT2D eigenvalue weighted by Crippen LogP contribution is -2.13. The van der Waals surface area contributed by atoms with Gasteiger partial charge in [0, 0.05) is 12.5 Å². The van der Waals surface area contributed by atoms with Gasteiger partial charge in [-0.25, -0.2) is 4.98 Å². The Kier molecular flexibility index (Phi) is 1.95. The summed E-state index contributed by atoms with van der Waals surface area (Å²) in [6.45, 7) is 0.495. The standard InChI is InChI=1S/C11H14N4/c12-5-8-4-9-11(14-6-13-9)10(15-8)7-2-1-3-7/h4,6-7H,1-3,5,12H2,(H,13,14). The van der Waals surface area contributed by atoms with Crippen LogP contribution < -0.4 is 5.73 Å². The van der Waals surface area contributed by atoms with E-state index in [4.69, 9.17) is 5.73 Å². The van der Waals surface area contributed by atoms with E-state index in [2.05, 4.69) is 15.0 Å². The first-order valence-electron chi connectivity index (χ1n) is 5.41. The van der Waals surface area contributed by atoms with Crippen LogP contribution in [0.2, 0.25) is 0 Å². The number of rotatable bonds is 2. The largest absolute Gasteiger partial charge is 0.344 e. The van der Waals surface area contributed by atoms with Gasteiger partial charge in [0.25, 0.3) is 0 Å². The molecule has 1 aliphatic rings.